The van der Waals surface area contributed by atoms with Gasteiger partial charge in [-0.3, -0.25) is 4.79 Å². The molecule has 1 rings (SSSR count). The summed E-state index contributed by atoms with van der Waals surface area (Å²) in [5.41, 5.74) is -0.645. The minimum absolute atomic E-state index is 0.516. The van der Waals surface area contributed by atoms with Crippen LogP contribution in [0.4, 0.5) is 17.6 Å². The van der Waals surface area contributed by atoms with Crippen molar-refractivity contribution in [1.82, 2.24) is 0 Å². The van der Waals surface area contributed by atoms with Crippen molar-refractivity contribution in [2.45, 2.75) is 6.18 Å². The van der Waals surface area contributed by atoms with Crippen LogP contribution >= 0.6 is 0 Å². The molecule has 4 nitrogen and oxygen atoms in total. The van der Waals surface area contributed by atoms with Crippen molar-refractivity contribution in [3.8, 4) is 5.75 Å². The van der Waals surface area contributed by atoms with Crippen molar-refractivity contribution in [1.29, 1.82) is 0 Å². The molecule has 18 heavy (non-hydrogen) atoms. The zero-order valence-electron chi connectivity index (χ0n) is 8.62. The first-order chi connectivity index (χ1) is 8.20. The summed E-state index contributed by atoms with van der Waals surface area (Å²) in [6.45, 7) is -1.75. The zero-order valence-corrected chi connectivity index (χ0v) is 8.62. The van der Waals surface area contributed by atoms with Crippen LogP contribution in [0.2, 0.25) is 0 Å². The molecule has 0 radical (unpaired) electrons. The maximum atomic E-state index is 12.8. The second-order valence-corrected chi connectivity index (χ2v) is 3.18. The lowest BCUT2D eigenvalue weighted by atomic mass is 10.1. The Morgan fingerprint density at radius 2 is 1.89 bits per heavy atom. The molecular weight excluding hydrogens is 260 g/mol. The third-order valence-corrected chi connectivity index (χ3v) is 1.77. The van der Waals surface area contributed by atoms with Crippen LogP contribution in [0.5, 0.6) is 5.75 Å². The third kappa shape index (κ3) is 3.72. The fraction of sp³-hybridized carbons (Fsp3) is 0.200. The van der Waals surface area contributed by atoms with Gasteiger partial charge < -0.3 is 9.84 Å². The third-order valence-electron chi connectivity index (χ3n) is 1.77. The number of carbonyl (C=O) groups excluding carboxylic acids is 1. The molecule has 1 N–H and O–H groups in total. The Morgan fingerprint density at radius 3 is 2.39 bits per heavy atom. The quantitative estimate of drug-likeness (QED) is 0.514. The molecule has 0 spiro atoms. The highest BCUT2D eigenvalue weighted by molar-refractivity contribution is 6.40. The fourth-order valence-corrected chi connectivity index (χ4v) is 1.08. The largest absolute Gasteiger partial charge is 0.483 e. The number of carboxylic acid groups (broad SMARTS) is 1. The highest BCUT2D eigenvalue weighted by Crippen LogP contribution is 2.23. The number of hydrogen-bond acceptors (Lipinski definition) is 3. The van der Waals surface area contributed by atoms with E-state index in [0.717, 1.165) is 12.1 Å². The van der Waals surface area contributed by atoms with E-state index >= 15 is 0 Å². The average Bonchev–Trinajstić information content (AvgIpc) is 2.24. The summed E-state index contributed by atoms with van der Waals surface area (Å²) < 4.78 is 52.8. The summed E-state index contributed by atoms with van der Waals surface area (Å²) in [5.74, 6) is -5.07. The van der Waals surface area contributed by atoms with E-state index in [1.54, 1.807) is 0 Å². The molecule has 0 aliphatic carbocycles. The van der Waals surface area contributed by atoms with Crippen LogP contribution in [-0.4, -0.2) is 29.6 Å². The Labute approximate surface area is 97.8 Å². The Hall–Kier alpha value is -2.12. The van der Waals surface area contributed by atoms with Gasteiger partial charge in [-0.15, -0.1) is 0 Å². The van der Waals surface area contributed by atoms with Gasteiger partial charge in [0.05, 0.1) is 5.56 Å². The maximum Gasteiger partial charge on any atom is 0.422 e. The number of ether oxygens (including phenoxy) is 1. The lowest BCUT2D eigenvalue weighted by Gasteiger charge is -2.11. The Morgan fingerprint density at radius 1 is 1.28 bits per heavy atom. The molecule has 1 aromatic rings. The molecule has 0 aromatic heterocycles. The molecule has 0 aliphatic heterocycles. The molecule has 0 amide bonds. The smallest absolute Gasteiger partial charge is 0.422 e. The molecule has 8 heteroatoms. The average molecular weight is 266 g/mol. The lowest BCUT2D eigenvalue weighted by molar-refractivity contribution is -0.153. The molecular formula is C10H6F4O4. The normalized spacial score (nSPS) is 11.1. The van der Waals surface area contributed by atoms with Crippen molar-refractivity contribution in [2.24, 2.45) is 0 Å². The first-order valence-corrected chi connectivity index (χ1v) is 4.47. The van der Waals surface area contributed by atoms with Crippen molar-refractivity contribution >= 4 is 11.8 Å². The van der Waals surface area contributed by atoms with Gasteiger partial charge in [0, 0.05) is 6.07 Å². The van der Waals surface area contributed by atoms with Gasteiger partial charge in [0.15, 0.2) is 6.61 Å². The van der Waals surface area contributed by atoms with Gasteiger partial charge in [0.25, 0.3) is 5.78 Å². The molecule has 0 bridgehead atoms. The molecule has 0 saturated heterocycles. The number of Topliss-reactive ketones (excluding diaryl/α,β-unsaturated/α-hetero) is 1. The number of carbonyl (C=O) groups is 2. The fourth-order valence-electron chi connectivity index (χ4n) is 1.08. The number of ketones is 1. The minimum Gasteiger partial charge on any atom is -0.483 e. The Balaban J connectivity index is 3.04. The SMILES string of the molecule is O=C(O)C(=O)c1ccc(F)cc1OCC(F)(F)F. The number of halogens is 4. The molecule has 1 aromatic carbocycles. The molecule has 0 aliphatic rings. The van der Waals surface area contributed by atoms with Gasteiger partial charge in [-0.2, -0.15) is 13.2 Å². The van der Waals surface area contributed by atoms with E-state index < -0.39 is 41.7 Å². The first-order valence-electron chi connectivity index (χ1n) is 4.47. The molecule has 98 valence electrons. The molecule has 0 saturated carbocycles. The first kappa shape index (κ1) is 13.9. The van der Waals surface area contributed by atoms with Crippen molar-refractivity contribution < 1.29 is 37.0 Å². The standard InChI is InChI=1S/C10H6F4O4/c11-5-1-2-6(8(15)9(16)17)7(3-5)18-4-10(12,13)14/h1-3H,4H2,(H,16,17). The predicted octanol–water partition coefficient (Wildman–Crippen LogP) is 2.03. The minimum atomic E-state index is -4.68. The van der Waals surface area contributed by atoms with E-state index in [1.807, 2.05) is 0 Å². The van der Waals surface area contributed by atoms with E-state index in [9.17, 15) is 27.2 Å². The monoisotopic (exact) mass is 266 g/mol. The van der Waals surface area contributed by atoms with Gasteiger partial charge >= 0.3 is 12.1 Å². The maximum absolute atomic E-state index is 12.8. The van der Waals surface area contributed by atoms with Crippen molar-refractivity contribution in [3.63, 3.8) is 0 Å². The number of aliphatic carboxylic acids is 1. The Kier molecular flexibility index (Phi) is 3.89. The predicted molar refractivity (Wildman–Crippen MR) is 49.9 cm³/mol. The molecule has 0 unspecified atom stereocenters. The summed E-state index contributed by atoms with van der Waals surface area (Å²) in [5, 5.41) is 8.44. The van der Waals surface area contributed by atoms with Crippen LogP contribution in [0, 0.1) is 5.82 Å². The molecule has 0 fully saturated rings. The van der Waals surface area contributed by atoms with E-state index in [1.165, 1.54) is 0 Å². The highest BCUT2D eigenvalue weighted by Gasteiger charge is 2.30. The van der Waals surface area contributed by atoms with E-state index in [2.05, 4.69) is 4.74 Å². The highest BCUT2D eigenvalue weighted by atomic mass is 19.4. The van der Waals surface area contributed by atoms with Crippen LogP contribution in [0.15, 0.2) is 18.2 Å². The van der Waals surface area contributed by atoms with Crippen LogP contribution in [0.1, 0.15) is 10.4 Å². The van der Waals surface area contributed by atoms with Crippen LogP contribution in [-0.2, 0) is 4.79 Å². The topological polar surface area (TPSA) is 63.6 Å². The van der Waals surface area contributed by atoms with E-state index in [-0.39, 0.29) is 0 Å². The van der Waals surface area contributed by atoms with Gasteiger partial charge in [0.2, 0.25) is 0 Å². The van der Waals surface area contributed by atoms with Crippen LogP contribution < -0.4 is 4.74 Å². The van der Waals surface area contributed by atoms with Gasteiger partial charge in [0.1, 0.15) is 11.6 Å². The van der Waals surface area contributed by atoms with E-state index in [4.69, 9.17) is 5.11 Å². The molecule has 0 atom stereocenters. The van der Waals surface area contributed by atoms with Crippen molar-refractivity contribution in [3.05, 3.63) is 29.6 Å². The van der Waals surface area contributed by atoms with Crippen LogP contribution in [0.25, 0.3) is 0 Å². The lowest BCUT2D eigenvalue weighted by Crippen LogP contribution is -2.21. The second kappa shape index (κ2) is 5.03. The zero-order chi connectivity index (χ0) is 13.9. The van der Waals surface area contributed by atoms with Crippen LogP contribution in [0.3, 0.4) is 0 Å². The number of alkyl halides is 3. The number of benzene rings is 1. The summed E-state index contributed by atoms with van der Waals surface area (Å²) in [4.78, 5) is 21.5. The summed E-state index contributed by atoms with van der Waals surface area (Å²) in [6, 6.07) is 2.01. The Bertz CT molecular complexity index is 481. The van der Waals surface area contributed by atoms with Gasteiger partial charge in [-0.1, -0.05) is 0 Å². The number of hydrogen-bond donors (Lipinski definition) is 1. The van der Waals surface area contributed by atoms with Crippen molar-refractivity contribution in [2.75, 3.05) is 6.61 Å². The van der Waals surface area contributed by atoms with Gasteiger partial charge in [-0.25, -0.2) is 9.18 Å². The van der Waals surface area contributed by atoms with Gasteiger partial charge in [-0.05, 0) is 12.1 Å². The second-order valence-electron chi connectivity index (χ2n) is 3.18. The summed E-state index contributed by atoms with van der Waals surface area (Å²) in [6.07, 6.45) is -4.68. The number of rotatable bonds is 4. The van der Waals surface area contributed by atoms with E-state index in [0.29, 0.717) is 6.07 Å². The number of carboxylic acids is 1. The summed E-state index contributed by atoms with van der Waals surface area (Å²) >= 11 is 0. The summed E-state index contributed by atoms with van der Waals surface area (Å²) in [7, 11) is 0. The molecule has 0 heterocycles.